The summed E-state index contributed by atoms with van der Waals surface area (Å²) in [5.74, 6) is 0. The summed E-state index contributed by atoms with van der Waals surface area (Å²) >= 11 is 0. The Morgan fingerprint density at radius 2 is 2.42 bits per heavy atom. The van der Waals surface area contributed by atoms with E-state index < -0.39 is 0 Å². The van der Waals surface area contributed by atoms with Gasteiger partial charge >= 0.3 is 0 Å². The van der Waals surface area contributed by atoms with Crippen LogP contribution in [0.4, 0.5) is 0 Å². The summed E-state index contributed by atoms with van der Waals surface area (Å²) in [6.45, 7) is 5.76. The van der Waals surface area contributed by atoms with Crippen molar-refractivity contribution in [1.29, 1.82) is 0 Å². The summed E-state index contributed by atoms with van der Waals surface area (Å²) in [6.07, 6.45) is 4.95. The van der Waals surface area contributed by atoms with E-state index in [4.69, 9.17) is 0 Å². The van der Waals surface area contributed by atoms with Gasteiger partial charge in [0.05, 0.1) is 6.54 Å². The zero-order chi connectivity index (χ0) is 8.81. The molecule has 0 saturated heterocycles. The maximum atomic E-state index is 11.2. The molecule has 0 aromatic rings. The van der Waals surface area contributed by atoms with Crippen LogP contribution in [0.25, 0.3) is 0 Å². The van der Waals surface area contributed by atoms with Gasteiger partial charge < -0.3 is 10.5 Å². The van der Waals surface area contributed by atoms with Gasteiger partial charge in [0.1, 0.15) is 0 Å². The van der Waals surface area contributed by atoms with E-state index >= 15 is 0 Å². The molecule has 0 fully saturated rings. The van der Waals surface area contributed by atoms with Crippen LogP contribution in [0.5, 0.6) is 0 Å². The van der Waals surface area contributed by atoms with Gasteiger partial charge in [-0.15, -0.1) is 6.58 Å². The molecule has 0 amide bonds. The molecule has 0 spiro atoms. The van der Waals surface area contributed by atoms with Crippen molar-refractivity contribution < 1.29 is 4.74 Å². The molecule has 1 N–H and O–H groups in total. The van der Waals surface area contributed by atoms with Crippen molar-refractivity contribution in [2.24, 2.45) is 0 Å². The second-order valence-corrected chi connectivity index (χ2v) is 3.05. The van der Waals surface area contributed by atoms with Crippen molar-refractivity contribution in [1.82, 2.24) is 5.32 Å². The smallest absolute Gasteiger partial charge is 0.177 e. The van der Waals surface area contributed by atoms with Gasteiger partial charge in [-0.25, -0.2) is 4.74 Å². The summed E-state index contributed by atoms with van der Waals surface area (Å²) in [7, 11) is 0. The van der Waals surface area contributed by atoms with Crippen LogP contribution in [0.15, 0.2) is 12.7 Å². The molecule has 1 aliphatic heterocycles. The van der Waals surface area contributed by atoms with Gasteiger partial charge in [0.25, 0.3) is 0 Å². The predicted molar refractivity (Wildman–Crippen MR) is 50.4 cm³/mol. The Bertz CT molecular complexity index is 187. The number of hydrogen-bond donors (Lipinski definition) is 1. The summed E-state index contributed by atoms with van der Waals surface area (Å²) in [5.41, 5.74) is 0.989. The molecule has 0 saturated carbocycles. The number of nitrogens with zero attached hydrogens (tertiary/aromatic N) is 1. The minimum absolute atomic E-state index is 0.672. The second-order valence-electron chi connectivity index (χ2n) is 3.05. The van der Waals surface area contributed by atoms with Crippen LogP contribution in [-0.2, 0) is 0 Å². The number of rotatable bonds is 4. The Morgan fingerprint density at radius 3 is 3.08 bits per heavy atom. The number of hydroxylamine groups is 1. The first-order valence-corrected chi connectivity index (χ1v) is 4.45. The third-order valence-corrected chi connectivity index (χ3v) is 2.05. The van der Waals surface area contributed by atoms with Gasteiger partial charge in [-0.1, -0.05) is 6.08 Å². The van der Waals surface area contributed by atoms with E-state index in [1.54, 1.807) is 6.08 Å². The van der Waals surface area contributed by atoms with Crippen molar-refractivity contribution in [2.75, 3.05) is 19.6 Å². The molecule has 1 aliphatic rings. The van der Waals surface area contributed by atoms with Crippen LogP contribution in [0.3, 0.4) is 0 Å². The van der Waals surface area contributed by atoms with Crippen LogP contribution in [0, 0.1) is 5.21 Å². The topological polar surface area (TPSA) is 38.1 Å². The Kier molecular flexibility index (Phi) is 3.80. The quantitative estimate of drug-likeness (QED) is 0.293. The van der Waals surface area contributed by atoms with Crippen molar-refractivity contribution in [2.45, 2.75) is 19.3 Å². The monoisotopic (exact) mass is 168 g/mol. The first-order chi connectivity index (χ1) is 5.84. The van der Waals surface area contributed by atoms with Crippen LogP contribution in [-0.4, -0.2) is 30.1 Å². The molecule has 1 heterocycles. The lowest BCUT2D eigenvalue weighted by Crippen LogP contribution is -2.32. The average molecular weight is 168 g/mol. The molecule has 0 unspecified atom stereocenters. The average Bonchev–Trinajstić information content (AvgIpc) is 2.09. The molecule has 68 valence electrons. The van der Waals surface area contributed by atoms with E-state index in [9.17, 15) is 5.21 Å². The molecule has 12 heavy (non-hydrogen) atoms. The molecule has 3 nitrogen and oxygen atoms in total. The molecular weight excluding hydrogens is 152 g/mol. The van der Waals surface area contributed by atoms with E-state index in [1.807, 2.05) is 0 Å². The number of hydrogen-bond acceptors (Lipinski definition) is 2. The highest BCUT2D eigenvalue weighted by atomic mass is 16.5. The van der Waals surface area contributed by atoms with E-state index in [-0.39, 0.29) is 0 Å². The van der Waals surface area contributed by atoms with Gasteiger partial charge in [0, 0.05) is 19.4 Å². The summed E-state index contributed by atoms with van der Waals surface area (Å²) in [6, 6.07) is 0. The van der Waals surface area contributed by atoms with Crippen molar-refractivity contribution >= 4 is 5.71 Å². The second kappa shape index (κ2) is 4.93. The molecule has 3 heteroatoms. The lowest BCUT2D eigenvalue weighted by atomic mass is 10.1. The molecule has 0 aliphatic carbocycles. The first kappa shape index (κ1) is 9.26. The minimum atomic E-state index is 0.672. The van der Waals surface area contributed by atoms with Crippen LogP contribution in [0.1, 0.15) is 19.3 Å². The SMILES string of the molecule is C=CCNCC1=[N+]([O-])CCCC1. The maximum Gasteiger partial charge on any atom is 0.177 e. The molecule has 0 atom stereocenters. The molecule has 1 rings (SSSR count). The summed E-state index contributed by atoms with van der Waals surface area (Å²) in [5, 5.41) is 14.3. The molecule has 0 aromatic heterocycles. The van der Waals surface area contributed by atoms with E-state index in [1.165, 1.54) is 0 Å². The predicted octanol–water partition coefficient (Wildman–Crippen LogP) is 0.897. The zero-order valence-corrected chi connectivity index (χ0v) is 7.38. The summed E-state index contributed by atoms with van der Waals surface area (Å²) in [4.78, 5) is 0. The third kappa shape index (κ3) is 2.66. The highest BCUT2D eigenvalue weighted by Crippen LogP contribution is 2.04. The molecule has 0 radical (unpaired) electrons. The van der Waals surface area contributed by atoms with Crippen molar-refractivity contribution in [3.8, 4) is 0 Å². The van der Waals surface area contributed by atoms with Crippen molar-refractivity contribution in [3.63, 3.8) is 0 Å². The highest BCUT2D eigenvalue weighted by molar-refractivity contribution is 5.82. The van der Waals surface area contributed by atoms with E-state index in [0.717, 1.165) is 42.8 Å². The molecular formula is C9H16N2O. The molecule has 0 aromatic carbocycles. The van der Waals surface area contributed by atoms with E-state index in [0.29, 0.717) is 6.54 Å². The number of nitrogens with one attached hydrogen (secondary N) is 1. The standard InChI is InChI=1S/C9H16N2O/c1-2-6-10-8-9-5-3-4-7-11(9)12/h2,10H,1,3-8H2. The fourth-order valence-electron chi connectivity index (χ4n) is 1.36. The fourth-order valence-corrected chi connectivity index (χ4v) is 1.36. The Balaban J connectivity index is 2.33. The van der Waals surface area contributed by atoms with Crippen LogP contribution >= 0.6 is 0 Å². The largest absolute Gasteiger partial charge is 0.624 e. The van der Waals surface area contributed by atoms with Crippen LogP contribution < -0.4 is 5.32 Å². The zero-order valence-electron chi connectivity index (χ0n) is 7.38. The normalized spacial score (nSPS) is 18.0. The minimum Gasteiger partial charge on any atom is -0.624 e. The third-order valence-electron chi connectivity index (χ3n) is 2.05. The van der Waals surface area contributed by atoms with E-state index in [2.05, 4.69) is 11.9 Å². The fraction of sp³-hybridized carbons (Fsp3) is 0.667. The first-order valence-electron chi connectivity index (χ1n) is 4.45. The van der Waals surface area contributed by atoms with Gasteiger partial charge in [-0.3, -0.25) is 0 Å². The Labute approximate surface area is 73.4 Å². The van der Waals surface area contributed by atoms with Gasteiger partial charge in [-0.05, 0) is 6.42 Å². The summed E-state index contributed by atoms with van der Waals surface area (Å²) < 4.78 is 1.12. The van der Waals surface area contributed by atoms with Gasteiger partial charge in [0.15, 0.2) is 12.3 Å². The molecule has 0 bridgehead atoms. The Hall–Kier alpha value is -0.830. The lowest BCUT2D eigenvalue weighted by molar-refractivity contribution is -0.464. The maximum absolute atomic E-state index is 11.2. The highest BCUT2D eigenvalue weighted by Gasteiger charge is 2.13. The van der Waals surface area contributed by atoms with Gasteiger partial charge in [0.2, 0.25) is 0 Å². The Morgan fingerprint density at radius 1 is 1.58 bits per heavy atom. The van der Waals surface area contributed by atoms with Gasteiger partial charge in [-0.2, -0.15) is 0 Å². The lowest BCUT2D eigenvalue weighted by Gasteiger charge is -2.15. The van der Waals surface area contributed by atoms with Crippen LogP contribution in [0.2, 0.25) is 0 Å². The van der Waals surface area contributed by atoms with Crippen molar-refractivity contribution in [3.05, 3.63) is 17.9 Å².